The second kappa shape index (κ2) is 11.1. The summed E-state index contributed by atoms with van der Waals surface area (Å²) in [7, 11) is 0. The van der Waals surface area contributed by atoms with Crippen LogP contribution in [-0.4, -0.2) is 89.2 Å². The van der Waals surface area contributed by atoms with Crippen molar-refractivity contribution in [2.75, 3.05) is 57.4 Å². The number of halogens is 2. The summed E-state index contributed by atoms with van der Waals surface area (Å²) in [4.78, 5) is 29.5. The van der Waals surface area contributed by atoms with Crippen LogP contribution in [0.1, 0.15) is 53.4 Å². The van der Waals surface area contributed by atoms with E-state index in [0.29, 0.717) is 55.8 Å². The van der Waals surface area contributed by atoms with Gasteiger partial charge in [0.15, 0.2) is 0 Å². The van der Waals surface area contributed by atoms with Crippen LogP contribution >= 0.6 is 0 Å². The van der Waals surface area contributed by atoms with Crippen molar-refractivity contribution in [2.45, 2.75) is 52.1 Å². The van der Waals surface area contributed by atoms with Crippen LogP contribution in [0, 0.1) is 18.3 Å². The molecule has 4 heterocycles. The molecule has 1 amide bonds. The van der Waals surface area contributed by atoms with Gasteiger partial charge in [0.25, 0.3) is 11.8 Å². The van der Waals surface area contributed by atoms with Crippen LogP contribution in [0.15, 0.2) is 30.3 Å². The van der Waals surface area contributed by atoms with E-state index < -0.39 is 11.3 Å². The number of anilines is 1. The van der Waals surface area contributed by atoms with Crippen LogP contribution in [0.25, 0.3) is 10.8 Å². The first-order valence-corrected chi connectivity index (χ1v) is 15.6. The van der Waals surface area contributed by atoms with Crippen LogP contribution in [0.4, 0.5) is 14.6 Å². The van der Waals surface area contributed by atoms with E-state index in [9.17, 15) is 18.7 Å². The number of rotatable bonds is 7. The van der Waals surface area contributed by atoms with Gasteiger partial charge in [0.1, 0.15) is 18.2 Å². The predicted molar refractivity (Wildman–Crippen MR) is 161 cm³/mol. The topological polar surface area (TPSA) is 91.3 Å². The lowest BCUT2D eigenvalue weighted by atomic mass is 9.98. The summed E-state index contributed by atoms with van der Waals surface area (Å²) in [6, 6.07) is 9.01. The van der Waals surface area contributed by atoms with Crippen molar-refractivity contribution < 1.29 is 28.2 Å². The third kappa shape index (κ3) is 5.34. The second-order valence-electron chi connectivity index (χ2n) is 13.1. The number of aryl methyl sites for hydroxylation is 1. The number of aromatic hydroxyl groups is 1. The number of nitrogens with zero attached hydrogens (tertiary/aromatic N) is 5. The maximum absolute atomic E-state index is 14.8. The van der Waals surface area contributed by atoms with Crippen LogP contribution < -0.4 is 9.64 Å². The number of hydrogen-bond acceptors (Lipinski definition) is 8. The van der Waals surface area contributed by atoms with Gasteiger partial charge in [-0.3, -0.25) is 9.69 Å². The highest BCUT2D eigenvalue weighted by molar-refractivity contribution is 6.09. The van der Waals surface area contributed by atoms with Gasteiger partial charge in [-0.2, -0.15) is 9.97 Å². The molecule has 1 aliphatic carbocycles. The van der Waals surface area contributed by atoms with Crippen LogP contribution in [0.5, 0.6) is 11.8 Å². The molecule has 44 heavy (non-hydrogen) atoms. The number of carbonyl (C=O) groups excluding carboxylic acids is 1. The third-order valence-corrected chi connectivity index (χ3v) is 9.70. The molecule has 3 aliphatic heterocycles. The number of carbonyl (C=O) groups is 1. The molecule has 1 N–H and O–H groups in total. The Morgan fingerprint density at radius 3 is 2.70 bits per heavy atom. The molecule has 1 aromatic heterocycles. The Morgan fingerprint density at radius 1 is 1.16 bits per heavy atom. The zero-order valence-corrected chi connectivity index (χ0v) is 25.3. The molecule has 1 unspecified atom stereocenters. The Kier molecular flexibility index (Phi) is 7.36. The first-order chi connectivity index (χ1) is 21.1. The molecule has 1 saturated carbocycles. The summed E-state index contributed by atoms with van der Waals surface area (Å²) in [6.07, 6.45) is 1.92. The summed E-state index contributed by atoms with van der Waals surface area (Å²) in [5.74, 6) is -1.79. The number of fused-ring (bicyclic) bond motifs is 2. The largest absolute Gasteiger partial charge is 0.508 e. The van der Waals surface area contributed by atoms with Crippen molar-refractivity contribution in [2.24, 2.45) is 11.3 Å². The maximum atomic E-state index is 14.8. The van der Waals surface area contributed by atoms with Gasteiger partial charge in [-0.25, -0.2) is 8.78 Å². The van der Waals surface area contributed by atoms with E-state index >= 15 is 0 Å². The number of piperidine rings is 1. The van der Waals surface area contributed by atoms with Gasteiger partial charge in [-0.15, -0.1) is 0 Å². The summed E-state index contributed by atoms with van der Waals surface area (Å²) < 4.78 is 41.0. The number of aromatic nitrogens is 2. The SMILES string of the molecule is Cc1cccc2cc(O)cc(C(=O)N3Cc4nc(OC[C@@]5(CN6CCOCC6)CC5(F)F)nc(N5CCCC(C)C5)c4C3)c12. The lowest BCUT2D eigenvalue weighted by molar-refractivity contribution is -0.0101. The molecule has 0 radical (unpaired) electrons. The highest BCUT2D eigenvalue weighted by Crippen LogP contribution is 2.61. The molecule has 0 bridgehead atoms. The van der Waals surface area contributed by atoms with E-state index in [4.69, 9.17) is 19.4 Å². The van der Waals surface area contributed by atoms with Gasteiger partial charge in [0, 0.05) is 44.7 Å². The third-order valence-electron chi connectivity index (χ3n) is 9.70. The van der Waals surface area contributed by atoms with E-state index in [2.05, 4.69) is 11.8 Å². The van der Waals surface area contributed by atoms with E-state index in [1.807, 2.05) is 30.0 Å². The Bertz CT molecular complexity index is 1600. The van der Waals surface area contributed by atoms with Crippen molar-refractivity contribution in [3.63, 3.8) is 0 Å². The molecule has 2 atom stereocenters. The molecule has 2 saturated heterocycles. The van der Waals surface area contributed by atoms with Crippen LogP contribution in [0.2, 0.25) is 0 Å². The summed E-state index contributed by atoms with van der Waals surface area (Å²) in [6.45, 7) is 8.75. The molecule has 3 fully saturated rings. The maximum Gasteiger partial charge on any atom is 0.318 e. The van der Waals surface area contributed by atoms with Crippen LogP contribution in [0.3, 0.4) is 0 Å². The minimum absolute atomic E-state index is 0.0320. The summed E-state index contributed by atoms with van der Waals surface area (Å²) in [5.41, 5.74) is 1.64. The molecule has 0 spiro atoms. The number of morpholine rings is 1. The van der Waals surface area contributed by atoms with Crippen molar-refractivity contribution in [3.05, 3.63) is 52.7 Å². The van der Waals surface area contributed by atoms with Crippen molar-refractivity contribution >= 4 is 22.5 Å². The highest BCUT2D eigenvalue weighted by atomic mass is 19.3. The van der Waals surface area contributed by atoms with E-state index in [0.717, 1.165) is 47.8 Å². The van der Waals surface area contributed by atoms with Crippen molar-refractivity contribution in [3.8, 4) is 11.8 Å². The number of phenols is 1. The normalized spacial score (nSPS) is 24.9. The number of hydrogen-bond donors (Lipinski definition) is 1. The van der Waals surface area contributed by atoms with E-state index in [1.54, 1.807) is 11.0 Å². The molecule has 3 aromatic rings. The molecule has 11 heteroatoms. The van der Waals surface area contributed by atoms with E-state index in [1.165, 1.54) is 6.07 Å². The Morgan fingerprint density at radius 2 is 1.95 bits per heavy atom. The molecular weight excluding hydrogens is 568 g/mol. The molecule has 9 nitrogen and oxygen atoms in total. The fraction of sp³-hybridized carbons (Fsp3) is 0.545. The van der Waals surface area contributed by atoms with Gasteiger partial charge >= 0.3 is 6.01 Å². The minimum Gasteiger partial charge on any atom is -0.508 e. The minimum atomic E-state index is -2.81. The van der Waals surface area contributed by atoms with Crippen LogP contribution in [-0.2, 0) is 17.8 Å². The average Bonchev–Trinajstić information content (AvgIpc) is 3.30. The number of amides is 1. The second-order valence-corrected chi connectivity index (χ2v) is 13.1. The Balaban J connectivity index is 1.18. The first-order valence-electron chi connectivity index (χ1n) is 15.6. The van der Waals surface area contributed by atoms with Gasteiger partial charge in [0.2, 0.25) is 0 Å². The zero-order chi connectivity index (χ0) is 30.6. The van der Waals surface area contributed by atoms with E-state index in [-0.39, 0.29) is 43.8 Å². The molecule has 4 aliphatic rings. The molecule has 234 valence electrons. The summed E-state index contributed by atoms with van der Waals surface area (Å²) in [5, 5.41) is 12.0. The zero-order valence-electron chi connectivity index (χ0n) is 25.3. The van der Waals surface area contributed by atoms with Gasteiger partial charge in [0.05, 0.1) is 43.0 Å². The monoisotopic (exact) mass is 607 g/mol. The lowest BCUT2D eigenvalue weighted by Crippen LogP contribution is -2.43. The number of alkyl halides is 2. The van der Waals surface area contributed by atoms with Gasteiger partial charge < -0.3 is 24.4 Å². The highest BCUT2D eigenvalue weighted by Gasteiger charge is 2.72. The fourth-order valence-electron chi connectivity index (χ4n) is 7.15. The average molecular weight is 608 g/mol. The van der Waals surface area contributed by atoms with Crippen molar-refractivity contribution in [1.82, 2.24) is 19.8 Å². The van der Waals surface area contributed by atoms with Gasteiger partial charge in [-0.05, 0) is 54.2 Å². The quantitative estimate of drug-likeness (QED) is 0.411. The van der Waals surface area contributed by atoms with Gasteiger partial charge in [-0.1, -0.05) is 25.1 Å². The molecular formula is C33H39F2N5O4. The van der Waals surface area contributed by atoms with Crippen molar-refractivity contribution in [1.29, 1.82) is 0 Å². The number of phenolic OH excluding ortho intramolecular Hbond substituents is 1. The first kappa shape index (κ1) is 29.2. The smallest absolute Gasteiger partial charge is 0.318 e. The fourth-order valence-corrected chi connectivity index (χ4v) is 7.15. The number of benzene rings is 2. The lowest BCUT2D eigenvalue weighted by Gasteiger charge is -2.33. The Labute approximate surface area is 255 Å². The summed E-state index contributed by atoms with van der Waals surface area (Å²) >= 11 is 0. The predicted octanol–water partition coefficient (Wildman–Crippen LogP) is 4.77. The molecule has 7 rings (SSSR count). The standard InChI is InChI=1S/C33H39F2N5O4/c1-21-5-4-8-39(15-21)29-26-16-40(30(42)25-14-24(41)13-23-7-3-6-22(2)28(23)25)17-27(26)36-31(37-29)44-20-32(18-33(32,34)35)19-38-9-11-43-12-10-38/h3,6-7,13-14,21,41H,4-5,8-12,15-20H2,1-2H3/t21?,32-/m0/s1. The molecule has 2 aromatic carbocycles. The number of ether oxygens (including phenoxy) is 2. The Hall–Kier alpha value is -3.57.